The number of rotatable bonds is 6. The van der Waals surface area contributed by atoms with Crippen molar-refractivity contribution in [2.24, 2.45) is 0 Å². The highest BCUT2D eigenvalue weighted by atomic mass is 35.5. The van der Waals surface area contributed by atoms with Crippen LogP contribution in [-0.4, -0.2) is 26.1 Å². The molecule has 0 aliphatic carbocycles. The van der Waals surface area contributed by atoms with Gasteiger partial charge in [-0.15, -0.1) is 0 Å². The number of H-pyrrole nitrogens is 1. The molecule has 0 saturated carbocycles. The van der Waals surface area contributed by atoms with Gasteiger partial charge in [-0.25, -0.2) is 9.97 Å². The summed E-state index contributed by atoms with van der Waals surface area (Å²) < 4.78 is 2.03. The Morgan fingerprint density at radius 2 is 2.33 bits per heavy atom. The minimum Gasteiger partial charge on any atom is -0.369 e. The molecule has 2 rings (SSSR count). The first-order chi connectivity index (χ1) is 8.77. The lowest BCUT2D eigenvalue weighted by molar-refractivity contribution is 0.620. The van der Waals surface area contributed by atoms with Gasteiger partial charge in [0.2, 0.25) is 0 Å². The first-order valence-electron chi connectivity index (χ1n) is 5.70. The maximum Gasteiger partial charge on any atom is 0.271 e. The Bertz CT molecular complexity index is 537. The maximum atomic E-state index is 11.2. The van der Waals surface area contributed by atoms with Crippen LogP contribution in [0.25, 0.3) is 0 Å². The monoisotopic (exact) mass is 267 g/mol. The van der Waals surface area contributed by atoms with Gasteiger partial charge in [0.1, 0.15) is 5.02 Å². The number of aromatic amines is 1. The number of anilines is 1. The number of halogens is 1. The molecular formula is C11H14ClN5O. The summed E-state index contributed by atoms with van der Waals surface area (Å²) in [6.07, 6.45) is 8.80. The predicted molar refractivity (Wildman–Crippen MR) is 69.8 cm³/mol. The molecule has 0 saturated heterocycles. The van der Waals surface area contributed by atoms with E-state index in [1.54, 1.807) is 12.5 Å². The molecule has 2 aromatic rings. The zero-order chi connectivity index (χ0) is 12.8. The van der Waals surface area contributed by atoms with E-state index in [1.165, 1.54) is 6.33 Å². The van der Waals surface area contributed by atoms with Crippen molar-refractivity contribution >= 4 is 17.4 Å². The van der Waals surface area contributed by atoms with Crippen molar-refractivity contribution in [1.29, 1.82) is 0 Å². The first kappa shape index (κ1) is 12.6. The largest absolute Gasteiger partial charge is 0.369 e. The van der Waals surface area contributed by atoms with Crippen molar-refractivity contribution in [2.75, 3.05) is 11.9 Å². The van der Waals surface area contributed by atoms with Crippen LogP contribution in [0.2, 0.25) is 5.02 Å². The van der Waals surface area contributed by atoms with Crippen LogP contribution in [-0.2, 0) is 6.54 Å². The Labute approximate surface area is 109 Å². The number of imidazole rings is 1. The molecule has 7 heteroatoms. The van der Waals surface area contributed by atoms with E-state index in [9.17, 15) is 4.79 Å². The molecule has 0 aliphatic heterocycles. The lowest BCUT2D eigenvalue weighted by Gasteiger charge is -2.06. The van der Waals surface area contributed by atoms with Gasteiger partial charge in [0.25, 0.3) is 5.56 Å². The fourth-order valence-corrected chi connectivity index (χ4v) is 1.72. The molecule has 0 spiro atoms. The van der Waals surface area contributed by atoms with Crippen LogP contribution < -0.4 is 10.9 Å². The van der Waals surface area contributed by atoms with E-state index in [0.29, 0.717) is 5.82 Å². The molecule has 2 aromatic heterocycles. The number of hydrogen-bond acceptors (Lipinski definition) is 4. The smallest absolute Gasteiger partial charge is 0.271 e. The average molecular weight is 268 g/mol. The number of unbranched alkanes of at least 4 members (excludes halogenated alkanes) is 1. The normalized spacial score (nSPS) is 10.5. The number of aryl methyl sites for hydroxylation is 1. The third-order valence-corrected chi connectivity index (χ3v) is 2.84. The summed E-state index contributed by atoms with van der Waals surface area (Å²) in [5, 5.41) is 3.15. The molecule has 0 aromatic carbocycles. The van der Waals surface area contributed by atoms with Crippen LogP contribution in [0, 0.1) is 0 Å². The molecule has 0 atom stereocenters. The van der Waals surface area contributed by atoms with Gasteiger partial charge in [0, 0.05) is 25.5 Å². The molecule has 18 heavy (non-hydrogen) atoms. The molecule has 6 nitrogen and oxygen atoms in total. The zero-order valence-corrected chi connectivity index (χ0v) is 10.5. The summed E-state index contributed by atoms with van der Waals surface area (Å²) in [7, 11) is 0. The molecule has 0 bridgehead atoms. The van der Waals surface area contributed by atoms with E-state index in [2.05, 4.69) is 20.3 Å². The minimum absolute atomic E-state index is 0.104. The van der Waals surface area contributed by atoms with E-state index in [-0.39, 0.29) is 10.6 Å². The number of aromatic nitrogens is 4. The molecule has 0 aliphatic rings. The Morgan fingerprint density at radius 3 is 3.11 bits per heavy atom. The Kier molecular flexibility index (Phi) is 4.35. The SMILES string of the molecule is O=c1[nH]cnc(NCCCCn2ccnc2)c1Cl. The summed E-state index contributed by atoms with van der Waals surface area (Å²) in [6, 6.07) is 0. The maximum absolute atomic E-state index is 11.2. The first-order valence-corrected chi connectivity index (χ1v) is 6.08. The highest BCUT2D eigenvalue weighted by Crippen LogP contribution is 2.11. The highest BCUT2D eigenvalue weighted by Gasteiger charge is 2.03. The second-order valence-corrected chi connectivity index (χ2v) is 4.21. The summed E-state index contributed by atoms with van der Waals surface area (Å²) in [5.74, 6) is 0.433. The molecular weight excluding hydrogens is 254 g/mol. The molecule has 0 radical (unpaired) electrons. The van der Waals surface area contributed by atoms with Crippen LogP contribution in [0.3, 0.4) is 0 Å². The van der Waals surface area contributed by atoms with Crippen molar-refractivity contribution < 1.29 is 0 Å². The topological polar surface area (TPSA) is 75.6 Å². The molecule has 0 unspecified atom stereocenters. The van der Waals surface area contributed by atoms with E-state index in [1.807, 2.05) is 10.8 Å². The summed E-state index contributed by atoms with van der Waals surface area (Å²) in [5.41, 5.74) is -0.326. The summed E-state index contributed by atoms with van der Waals surface area (Å²) >= 11 is 5.81. The van der Waals surface area contributed by atoms with Gasteiger partial charge in [0.15, 0.2) is 5.82 Å². The van der Waals surface area contributed by atoms with Gasteiger partial charge in [0.05, 0.1) is 12.7 Å². The second kappa shape index (κ2) is 6.20. The zero-order valence-electron chi connectivity index (χ0n) is 9.77. The van der Waals surface area contributed by atoms with Crippen LogP contribution in [0.4, 0.5) is 5.82 Å². The van der Waals surface area contributed by atoms with Crippen molar-refractivity contribution in [3.05, 3.63) is 40.4 Å². The van der Waals surface area contributed by atoms with Crippen molar-refractivity contribution in [2.45, 2.75) is 19.4 Å². The second-order valence-electron chi connectivity index (χ2n) is 3.83. The van der Waals surface area contributed by atoms with Gasteiger partial charge in [-0.3, -0.25) is 4.79 Å². The predicted octanol–water partition coefficient (Wildman–Crippen LogP) is 1.51. The third-order valence-electron chi connectivity index (χ3n) is 2.49. The fraction of sp³-hybridized carbons (Fsp3) is 0.364. The van der Waals surface area contributed by atoms with Crippen LogP contribution in [0.5, 0.6) is 0 Å². The average Bonchev–Trinajstić information content (AvgIpc) is 2.87. The van der Waals surface area contributed by atoms with E-state index in [0.717, 1.165) is 25.9 Å². The van der Waals surface area contributed by atoms with Gasteiger partial charge in [-0.1, -0.05) is 11.6 Å². The molecule has 0 fully saturated rings. The van der Waals surface area contributed by atoms with Crippen molar-refractivity contribution in [3.8, 4) is 0 Å². The fourth-order valence-electron chi connectivity index (χ4n) is 1.55. The summed E-state index contributed by atoms with van der Waals surface area (Å²) in [6.45, 7) is 1.66. The highest BCUT2D eigenvalue weighted by molar-refractivity contribution is 6.32. The Morgan fingerprint density at radius 1 is 1.44 bits per heavy atom. The summed E-state index contributed by atoms with van der Waals surface area (Å²) in [4.78, 5) is 21.6. The third kappa shape index (κ3) is 3.33. The number of nitrogens with one attached hydrogen (secondary N) is 2. The van der Waals surface area contributed by atoms with Crippen molar-refractivity contribution in [3.63, 3.8) is 0 Å². The standard InChI is InChI=1S/C11H14ClN5O/c12-9-10(15-7-16-11(9)18)14-3-1-2-5-17-6-4-13-8-17/h4,6-8H,1-3,5H2,(H2,14,15,16,18). The van der Waals surface area contributed by atoms with E-state index < -0.39 is 0 Å². The number of hydrogen-bond donors (Lipinski definition) is 2. The number of nitrogens with zero attached hydrogens (tertiary/aromatic N) is 3. The minimum atomic E-state index is -0.326. The lowest BCUT2D eigenvalue weighted by Crippen LogP contribution is -2.12. The molecule has 2 heterocycles. The van der Waals surface area contributed by atoms with E-state index >= 15 is 0 Å². The van der Waals surface area contributed by atoms with Gasteiger partial charge in [-0.05, 0) is 12.8 Å². The molecule has 0 amide bonds. The lowest BCUT2D eigenvalue weighted by atomic mass is 10.3. The van der Waals surface area contributed by atoms with Crippen LogP contribution in [0.15, 0.2) is 29.8 Å². The molecule has 2 N–H and O–H groups in total. The quantitative estimate of drug-likeness (QED) is 0.778. The Hall–Kier alpha value is -1.82. The molecule has 96 valence electrons. The van der Waals surface area contributed by atoms with E-state index in [4.69, 9.17) is 11.6 Å². The van der Waals surface area contributed by atoms with Gasteiger partial charge < -0.3 is 14.9 Å². The van der Waals surface area contributed by atoms with Crippen LogP contribution >= 0.6 is 11.6 Å². The van der Waals surface area contributed by atoms with Gasteiger partial charge in [-0.2, -0.15) is 0 Å². The van der Waals surface area contributed by atoms with Gasteiger partial charge >= 0.3 is 0 Å². The Balaban J connectivity index is 1.72. The van der Waals surface area contributed by atoms with Crippen molar-refractivity contribution in [1.82, 2.24) is 19.5 Å². The van der Waals surface area contributed by atoms with Crippen LogP contribution in [0.1, 0.15) is 12.8 Å².